The molecule has 0 aliphatic rings. The van der Waals surface area contributed by atoms with Crippen molar-refractivity contribution in [3.63, 3.8) is 0 Å². The molecule has 3 aromatic carbocycles. The highest BCUT2D eigenvalue weighted by atomic mass is 35.5. The number of rotatable bonds is 10. The van der Waals surface area contributed by atoms with E-state index < -0.39 is 22.5 Å². The van der Waals surface area contributed by atoms with Crippen LogP contribution in [0.25, 0.3) is 0 Å². The van der Waals surface area contributed by atoms with Gasteiger partial charge in [0.2, 0.25) is 5.91 Å². The van der Waals surface area contributed by atoms with Gasteiger partial charge in [-0.3, -0.25) is 9.10 Å². The van der Waals surface area contributed by atoms with Gasteiger partial charge in [0.25, 0.3) is 10.0 Å². The summed E-state index contributed by atoms with van der Waals surface area (Å²) in [5.41, 5.74) is 3.27. The Morgan fingerprint density at radius 1 is 0.946 bits per heavy atom. The Kier molecular flexibility index (Phi) is 9.10. The Morgan fingerprint density at radius 3 is 2.11 bits per heavy atom. The molecule has 0 aliphatic carbocycles. The largest absolute Gasteiger partial charge is 0.497 e. The van der Waals surface area contributed by atoms with Gasteiger partial charge in [-0.15, -0.1) is 0 Å². The Labute approximate surface area is 224 Å². The van der Waals surface area contributed by atoms with Crippen LogP contribution in [0, 0.1) is 6.92 Å². The molecule has 0 fully saturated rings. The summed E-state index contributed by atoms with van der Waals surface area (Å²) in [4.78, 5) is 13.3. The standard InChI is InChI=1S/C28H33ClN2O5S/c1-18(2)25-16-26(19(3)15-27(25)36-6)20(4)30-28(32)17-31(22-9-7-21(29)8-10-22)37(33,34)24-13-11-23(35-5)12-14-24/h7-16,18,20H,17H2,1-6H3,(H,30,32). The molecule has 198 valence electrons. The average molecular weight is 545 g/mol. The SMILES string of the molecule is COc1ccc(S(=O)(=O)N(CC(=O)NC(C)c2cc(C(C)C)c(OC)cc2C)c2ccc(Cl)cc2)cc1. The van der Waals surface area contributed by atoms with Crippen LogP contribution in [0.3, 0.4) is 0 Å². The second-order valence-corrected chi connectivity index (χ2v) is 11.4. The number of nitrogens with one attached hydrogen (secondary N) is 1. The second-order valence-electron chi connectivity index (χ2n) is 9.06. The molecule has 0 heterocycles. The van der Waals surface area contributed by atoms with Gasteiger partial charge >= 0.3 is 0 Å². The van der Waals surface area contributed by atoms with Crippen LogP contribution in [0.4, 0.5) is 5.69 Å². The molecular formula is C28H33ClN2O5S. The van der Waals surface area contributed by atoms with Crippen LogP contribution in [0.15, 0.2) is 65.6 Å². The van der Waals surface area contributed by atoms with Gasteiger partial charge in [0.15, 0.2) is 0 Å². The summed E-state index contributed by atoms with van der Waals surface area (Å²) in [5, 5.41) is 3.42. The normalized spacial score (nSPS) is 12.2. The van der Waals surface area contributed by atoms with E-state index >= 15 is 0 Å². The summed E-state index contributed by atoms with van der Waals surface area (Å²) in [6, 6.07) is 16.0. The quantitative estimate of drug-likeness (QED) is 0.345. The number of carbonyl (C=O) groups excluding carboxylic acids is 1. The third-order valence-electron chi connectivity index (χ3n) is 6.13. The van der Waals surface area contributed by atoms with Crippen LogP contribution in [0.2, 0.25) is 5.02 Å². The molecule has 3 aromatic rings. The Morgan fingerprint density at radius 2 is 1.57 bits per heavy atom. The van der Waals surface area contributed by atoms with Crippen molar-refractivity contribution in [2.24, 2.45) is 0 Å². The molecule has 0 radical (unpaired) electrons. The van der Waals surface area contributed by atoms with Crippen molar-refractivity contribution in [1.82, 2.24) is 5.32 Å². The van der Waals surface area contributed by atoms with Gasteiger partial charge in [-0.05, 0) is 97.1 Å². The van der Waals surface area contributed by atoms with Gasteiger partial charge in [0.05, 0.1) is 30.8 Å². The van der Waals surface area contributed by atoms with Crippen LogP contribution in [-0.2, 0) is 14.8 Å². The molecular weight excluding hydrogens is 512 g/mol. The first-order chi connectivity index (χ1) is 17.5. The van der Waals surface area contributed by atoms with E-state index in [2.05, 4.69) is 19.2 Å². The lowest BCUT2D eigenvalue weighted by atomic mass is 9.93. The van der Waals surface area contributed by atoms with Crippen LogP contribution < -0.4 is 19.1 Å². The highest BCUT2D eigenvalue weighted by Crippen LogP contribution is 2.32. The molecule has 0 bridgehead atoms. The zero-order valence-corrected chi connectivity index (χ0v) is 23.5. The fourth-order valence-electron chi connectivity index (χ4n) is 4.10. The molecule has 9 heteroatoms. The molecule has 1 amide bonds. The first-order valence-corrected chi connectivity index (χ1v) is 13.7. The molecule has 0 spiro atoms. The number of aryl methyl sites for hydroxylation is 1. The monoisotopic (exact) mass is 544 g/mol. The molecule has 37 heavy (non-hydrogen) atoms. The number of nitrogens with zero attached hydrogens (tertiary/aromatic N) is 1. The van der Waals surface area contributed by atoms with Crippen molar-refractivity contribution in [3.8, 4) is 11.5 Å². The summed E-state index contributed by atoms with van der Waals surface area (Å²) in [6.45, 7) is 7.58. The molecule has 1 unspecified atom stereocenters. The van der Waals surface area contributed by atoms with E-state index in [4.69, 9.17) is 21.1 Å². The third-order valence-corrected chi connectivity index (χ3v) is 8.17. The Balaban J connectivity index is 1.91. The number of carbonyl (C=O) groups is 1. The van der Waals surface area contributed by atoms with Crippen molar-refractivity contribution in [2.45, 2.75) is 44.6 Å². The number of hydrogen-bond acceptors (Lipinski definition) is 5. The second kappa shape index (κ2) is 11.9. The summed E-state index contributed by atoms with van der Waals surface area (Å²) >= 11 is 6.02. The molecule has 0 aromatic heterocycles. The highest BCUT2D eigenvalue weighted by molar-refractivity contribution is 7.92. The number of ether oxygens (including phenoxy) is 2. The lowest BCUT2D eigenvalue weighted by molar-refractivity contribution is -0.120. The maximum Gasteiger partial charge on any atom is 0.264 e. The summed E-state index contributed by atoms with van der Waals surface area (Å²) in [6.07, 6.45) is 0. The van der Waals surface area contributed by atoms with Gasteiger partial charge in [-0.1, -0.05) is 25.4 Å². The molecule has 0 saturated heterocycles. The molecule has 1 N–H and O–H groups in total. The van der Waals surface area contributed by atoms with Crippen LogP contribution in [-0.4, -0.2) is 35.1 Å². The van der Waals surface area contributed by atoms with E-state index in [0.29, 0.717) is 16.5 Å². The zero-order chi connectivity index (χ0) is 27.3. The first kappa shape index (κ1) is 28.3. The smallest absolute Gasteiger partial charge is 0.264 e. The maximum atomic E-state index is 13.6. The minimum atomic E-state index is -4.07. The predicted octanol–water partition coefficient (Wildman–Crippen LogP) is 5.86. The van der Waals surface area contributed by atoms with E-state index in [1.165, 1.54) is 19.2 Å². The molecule has 0 aliphatic heterocycles. The number of benzene rings is 3. The zero-order valence-electron chi connectivity index (χ0n) is 21.9. The molecule has 3 rings (SSSR count). The van der Waals surface area contributed by atoms with E-state index in [0.717, 1.165) is 26.7 Å². The number of sulfonamides is 1. The molecule has 1 atom stereocenters. The lowest BCUT2D eigenvalue weighted by Crippen LogP contribution is -2.41. The summed E-state index contributed by atoms with van der Waals surface area (Å²) in [5.74, 6) is 1.11. The van der Waals surface area contributed by atoms with E-state index in [1.807, 2.05) is 26.0 Å². The van der Waals surface area contributed by atoms with Crippen molar-refractivity contribution in [2.75, 3.05) is 25.1 Å². The van der Waals surface area contributed by atoms with Crippen molar-refractivity contribution in [1.29, 1.82) is 0 Å². The van der Waals surface area contributed by atoms with Gasteiger partial charge in [-0.2, -0.15) is 0 Å². The van der Waals surface area contributed by atoms with Crippen molar-refractivity contribution >= 4 is 33.2 Å². The van der Waals surface area contributed by atoms with Crippen LogP contribution in [0.1, 0.15) is 49.4 Å². The minimum Gasteiger partial charge on any atom is -0.497 e. The maximum absolute atomic E-state index is 13.6. The van der Waals surface area contributed by atoms with Gasteiger partial charge in [0, 0.05) is 5.02 Å². The molecule has 0 saturated carbocycles. The third kappa shape index (κ3) is 6.56. The van der Waals surface area contributed by atoms with Gasteiger partial charge in [-0.25, -0.2) is 8.42 Å². The summed E-state index contributed by atoms with van der Waals surface area (Å²) in [7, 11) is -0.923. The number of anilines is 1. The number of hydrogen-bond donors (Lipinski definition) is 1. The topological polar surface area (TPSA) is 84.9 Å². The average Bonchev–Trinajstić information content (AvgIpc) is 2.87. The first-order valence-electron chi connectivity index (χ1n) is 11.9. The lowest BCUT2D eigenvalue weighted by Gasteiger charge is -2.26. The number of methoxy groups -OCH3 is 2. The van der Waals surface area contributed by atoms with Gasteiger partial charge < -0.3 is 14.8 Å². The van der Waals surface area contributed by atoms with Crippen molar-refractivity contribution < 1.29 is 22.7 Å². The van der Waals surface area contributed by atoms with E-state index in [1.54, 1.807) is 43.5 Å². The van der Waals surface area contributed by atoms with Gasteiger partial charge in [0.1, 0.15) is 18.0 Å². The Hall–Kier alpha value is -3.23. The highest BCUT2D eigenvalue weighted by Gasteiger charge is 2.28. The fraction of sp³-hybridized carbons (Fsp3) is 0.321. The summed E-state index contributed by atoms with van der Waals surface area (Å²) < 4.78 is 39.0. The number of halogens is 1. The predicted molar refractivity (Wildman–Crippen MR) is 147 cm³/mol. The van der Waals surface area contributed by atoms with Crippen LogP contribution >= 0.6 is 11.6 Å². The fourth-order valence-corrected chi connectivity index (χ4v) is 5.65. The Bertz CT molecular complexity index is 1340. The van der Waals surface area contributed by atoms with Crippen LogP contribution in [0.5, 0.6) is 11.5 Å². The van der Waals surface area contributed by atoms with Crippen molar-refractivity contribution in [3.05, 3.63) is 82.4 Å². The molecule has 7 nitrogen and oxygen atoms in total. The van der Waals surface area contributed by atoms with E-state index in [-0.39, 0.29) is 16.9 Å². The minimum absolute atomic E-state index is 0.0386. The van der Waals surface area contributed by atoms with E-state index in [9.17, 15) is 13.2 Å². The number of amides is 1.